The van der Waals surface area contributed by atoms with Crippen molar-refractivity contribution in [3.63, 3.8) is 0 Å². The summed E-state index contributed by atoms with van der Waals surface area (Å²) < 4.78 is 13.8. The molecule has 3 aromatic carbocycles. The molecule has 41 heavy (non-hydrogen) atoms. The van der Waals surface area contributed by atoms with Gasteiger partial charge in [-0.15, -0.1) is 0 Å². The van der Waals surface area contributed by atoms with Crippen molar-refractivity contribution in [3.8, 4) is 17.1 Å². The van der Waals surface area contributed by atoms with Gasteiger partial charge < -0.3 is 14.3 Å². The van der Waals surface area contributed by atoms with Crippen molar-refractivity contribution in [3.05, 3.63) is 138 Å². The number of carbonyl (C=O) groups is 1. The predicted molar refractivity (Wildman–Crippen MR) is 157 cm³/mol. The second-order valence-electron chi connectivity index (χ2n) is 9.94. The fourth-order valence-electron chi connectivity index (χ4n) is 5.72. The molecule has 1 atom stereocenters. The minimum atomic E-state index is -1.03. The third-order valence-corrected chi connectivity index (χ3v) is 8.59. The van der Waals surface area contributed by atoms with Crippen LogP contribution in [0.4, 0.5) is 0 Å². The number of fused-ring (bicyclic) bond motifs is 3. The lowest BCUT2D eigenvalue weighted by Gasteiger charge is -2.31. The van der Waals surface area contributed by atoms with Crippen molar-refractivity contribution >= 4 is 29.1 Å². The second kappa shape index (κ2) is 9.91. The lowest BCUT2D eigenvalue weighted by Crippen LogP contribution is -2.38. The molecule has 2 aromatic heterocycles. The normalized spacial score (nSPS) is 16.0. The van der Waals surface area contributed by atoms with E-state index >= 15 is 0 Å². The Bertz CT molecular complexity index is 2060. The van der Waals surface area contributed by atoms with Gasteiger partial charge in [0.05, 0.1) is 28.9 Å². The molecule has 8 heteroatoms. The Balaban J connectivity index is 1.40. The molecule has 0 amide bonds. The average Bonchev–Trinajstić information content (AvgIpc) is 3.60. The van der Waals surface area contributed by atoms with Gasteiger partial charge in [0.2, 0.25) is 0 Å². The van der Waals surface area contributed by atoms with Gasteiger partial charge in [0.1, 0.15) is 17.3 Å². The van der Waals surface area contributed by atoms with Crippen molar-refractivity contribution in [1.29, 1.82) is 0 Å². The first-order valence-corrected chi connectivity index (χ1v) is 14.0. The minimum absolute atomic E-state index is 0.150. The van der Waals surface area contributed by atoms with Crippen LogP contribution in [0.5, 0.6) is 5.75 Å². The van der Waals surface area contributed by atoms with E-state index in [2.05, 4.69) is 12.1 Å². The standard InChI is InChI=1S/C33H24N2O5S/c1-39-21-9-6-8-20(17-21)30-26-15-13-19-7-2-3-10-23(19)29(26)34-33-35(30)31(36)28(41-33)18-22-14-16-27(40-22)24-11-4-5-12-25(24)32(37)38/h2-12,14,16-18,30H,13,15H2,1H3,(H,37,38)/b28-18+/t30-/m0/s1. The van der Waals surface area contributed by atoms with Crippen LogP contribution in [0, 0.1) is 0 Å². The molecule has 1 N–H and O–H groups in total. The summed E-state index contributed by atoms with van der Waals surface area (Å²) in [4.78, 5) is 31.4. The number of methoxy groups -OCH3 is 1. The van der Waals surface area contributed by atoms with Gasteiger partial charge in [0, 0.05) is 17.2 Å². The van der Waals surface area contributed by atoms with Gasteiger partial charge in [-0.1, -0.05) is 65.9 Å². The largest absolute Gasteiger partial charge is 0.497 e. The molecule has 7 rings (SSSR count). The van der Waals surface area contributed by atoms with E-state index in [1.165, 1.54) is 23.0 Å². The Morgan fingerprint density at radius 3 is 2.66 bits per heavy atom. The summed E-state index contributed by atoms with van der Waals surface area (Å²) in [7, 11) is 1.64. The topological polar surface area (TPSA) is 94.0 Å². The Kier molecular flexibility index (Phi) is 6.05. The first-order valence-electron chi connectivity index (χ1n) is 13.2. The van der Waals surface area contributed by atoms with Gasteiger partial charge in [0.25, 0.3) is 5.56 Å². The quantitative estimate of drug-likeness (QED) is 0.316. The van der Waals surface area contributed by atoms with Crippen LogP contribution in [0.25, 0.3) is 23.1 Å². The maximum absolute atomic E-state index is 14.0. The van der Waals surface area contributed by atoms with E-state index in [0.29, 0.717) is 26.4 Å². The molecule has 0 unspecified atom stereocenters. The zero-order valence-electron chi connectivity index (χ0n) is 22.0. The molecule has 3 heterocycles. The number of ether oxygens (including phenoxy) is 1. The van der Waals surface area contributed by atoms with Crippen molar-refractivity contribution in [2.75, 3.05) is 7.11 Å². The molecule has 2 aliphatic rings. The minimum Gasteiger partial charge on any atom is -0.497 e. The maximum atomic E-state index is 14.0. The van der Waals surface area contributed by atoms with Crippen LogP contribution in [0.1, 0.15) is 45.3 Å². The predicted octanol–water partition coefficient (Wildman–Crippen LogP) is 5.29. The van der Waals surface area contributed by atoms with Crippen LogP contribution in [0.2, 0.25) is 0 Å². The molecule has 7 nitrogen and oxygen atoms in total. The first kappa shape index (κ1) is 25.0. The molecule has 5 aromatic rings. The van der Waals surface area contributed by atoms with Gasteiger partial charge in [0.15, 0.2) is 4.80 Å². The monoisotopic (exact) mass is 560 g/mol. The van der Waals surface area contributed by atoms with Crippen LogP contribution in [0.3, 0.4) is 0 Å². The van der Waals surface area contributed by atoms with Crippen LogP contribution in [0.15, 0.2) is 105 Å². The number of benzene rings is 3. The number of aromatic nitrogens is 1. The number of carboxylic acids is 1. The van der Waals surface area contributed by atoms with Gasteiger partial charge in [-0.05, 0) is 59.9 Å². The van der Waals surface area contributed by atoms with E-state index in [0.717, 1.165) is 41.0 Å². The van der Waals surface area contributed by atoms with Crippen LogP contribution < -0.4 is 19.6 Å². The number of furan rings is 1. The summed E-state index contributed by atoms with van der Waals surface area (Å²) in [6, 6.07) is 26.0. The molecule has 1 aliphatic carbocycles. The third kappa shape index (κ3) is 4.24. The summed E-state index contributed by atoms with van der Waals surface area (Å²) in [5, 5.41) is 9.59. The third-order valence-electron chi connectivity index (χ3n) is 7.61. The van der Waals surface area contributed by atoms with Gasteiger partial charge in [-0.25, -0.2) is 9.79 Å². The lowest BCUT2D eigenvalue weighted by atomic mass is 9.83. The molecule has 0 fully saturated rings. The van der Waals surface area contributed by atoms with Gasteiger partial charge in [-0.2, -0.15) is 0 Å². The number of rotatable bonds is 5. The van der Waals surface area contributed by atoms with Crippen LogP contribution in [-0.2, 0) is 6.42 Å². The Labute approximate surface area is 238 Å². The molecule has 0 spiro atoms. The van der Waals surface area contributed by atoms with E-state index in [1.54, 1.807) is 48.1 Å². The highest BCUT2D eigenvalue weighted by Crippen LogP contribution is 2.41. The fraction of sp³-hybridized carbons (Fsp3) is 0.121. The van der Waals surface area contributed by atoms with E-state index in [4.69, 9.17) is 14.1 Å². The molecule has 0 bridgehead atoms. The number of nitrogens with zero attached hydrogens (tertiary/aromatic N) is 2. The number of aromatic carboxylic acids is 1. The summed E-state index contributed by atoms with van der Waals surface area (Å²) in [6.07, 6.45) is 3.38. The number of carboxylic acid groups (broad SMARTS) is 1. The van der Waals surface area contributed by atoms with Crippen molar-refractivity contribution in [1.82, 2.24) is 4.57 Å². The first-order chi connectivity index (χ1) is 20.0. The number of hydrogen-bond acceptors (Lipinski definition) is 6. The average molecular weight is 561 g/mol. The van der Waals surface area contributed by atoms with E-state index in [-0.39, 0.29) is 17.2 Å². The Morgan fingerprint density at radius 1 is 1.02 bits per heavy atom. The summed E-state index contributed by atoms with van der Waals surface area (Å²) in [5.74, 6) is 0.570. The van der Waals surface area contributed by atoms with Gasteiger partial charge >= 0.3 is 5.97 Å². The number of aryl methyl sites for hydroxylation is 1. The van der Waals surface area contributed by atoms with Crippen LogP contribution >= 0.6 is 11.3 Å². The fourth-order valence-corrected chi connectivity index (χ4v) is 6.70. The van der Waals surface area contributed by atoms with Crippen molar-refractivity contribution in [2.24, 2.45) is 4.99 Å². The SMILES string of the molecule is COc1cccc([C@H]2C3=C(N=c4s/c(=C/c5ccc(-c6ccccc6C(=O)O)o5)c(=O)n42)c2ccccc2CC3)c1. The zero-order chi connectivity index (χ0) is 28.1. The summed E-state index contributed by atoms with van der Waals surface area (Å²) in [6.45, 7) is 0. The highest BCUT2D eigenvalue weighted by Gasteiger charge is 2.32. The lowest BCUT2D eigenvalue weighted by molar-refractivity contribution is 0.0697. The Hall–Kier alpha value is -4.95. The number of allylic oxidation sites excluding steroid dienone is 1. The molecule has 0 saturated carbocycles. The van der Waals surface area contributed by atoms with Crippen molar-refractivity contribution < 1.29 is 19.1 Å². The highest BCUT2D eigenvalue weighted by molar-refractivity contribution is 7.07. The molecular weight excluding hydrogens is 536 g/mol. The maximum Gasteiger partial charge on any atom is 0.336 e. The van der Waals surface area contributed by atoms with Gasteiger partial charge in [-0.3, -0.25) is 9.36 Å². The summed E-state index contributed by atoms with van der Waals surface area (Å²) >= 11 is 1.32. The van der Waals surface area contributed by atoms with Crippen molar-refractivity contribution in [2.45, 2.75) is 18.9 Å². The summed E-state index contributed by atoms with van der Waals surface area (Å²) in [5.41, 5.74) is 5.83. The van der Waals surface area contributed by atoms with E-state index in [1.807, 2.05) is 36.4 Å². The highest BCUT2D eigenvalue weighted by atomic mass is 32.1. The molecule has 0 radical (unpaired) electrons. The molecular formula is C33H24N2O5S. The Morgan fingerprint density at radius 2 is 1.83 bits per heavy atom. The second-order valence-corrected chi connectivity index (χ2v) is 11.0. The van der Waals surface area contributed by atoms with Crippen LogP contribution in [-0.4, -0.2) is 22.8 Å². The molecule has 0 saturated heterocycles. The number of thiazole rings is 1. The molecule has 1 aliphatic heterocycles. The number of hydrogen-bond donors (Lipinski definition) is 1. The zero-order valence-corrected chi connectivity index (χ0v) is 22.9. The smallest absolute Gasteiger partial charge is 0.336 e. The molecule has 202 valence electrons. The van der Waals surface area contributed by atoms with E-state index < -0.39 is 5.97 Å². The van der Waals surface area contributed by atoms with E-state index in [9.17, 15) is 14.7 Å².